The number of benzene rings is 2. The van der Waals surface area contributed by atoms with Crippen LogP contribution in [-0.2, 0) is 6.42 Å². The zero-order valence-electron chi connectivity index (χ0n) is 13.4. The van der Waals surface area contributed by atoms with E-state index in [9.17, 15) is 15.3 Å². The predicted octanol–water partition coefficient (Wildman–Crippen LogP) is 1.56. The van der Waals surface area contributed by atoms with E-state index < -0.39 is 11.6 Å². The lowest BCUT2D eigenvalue weighted by Crippen LogP contribution is -2.52. The highest BCUT2D eigenvalue weighted by Crippen LogP contribution is 2.29. The summed E-state index contributed by atoms with van der Waals surface area (Å²) >= 11 is 0. The number of nitrogens with zero attached hydrogens (tertiary/aromatic N) is 1. The van der Waals surface area contributed by atoms with Crippen molar-refractivity contribution >= 4 is 10.8 Å². The van der Waals surface area contributed by atoms with Crippen molar-refractivity contribution in [2.75, 3.05) is 26.3 Å². The van der Waals surface area contributed by atoms with Crippen molar-refractivity contribution in [3.63, 3.8) is 0 Å². The van der Waals surface area contributed by atoms with Gasteiger partial charge in [-0.25, -0.2) is 0 Å². The molecule has 1 aliphatic rings. The van der Waals surface area contributed by atoms with Gasteiger partial charge in [-0.2, -0.15) is 0 Å². The second-order valence-corrected chi connectivity index (χ2v) is 6.63. The van der Waals surface area contributed by atoms with E-state index in [0.29, 0.717) is 13.0 Å². The van der Waals surface area contributed by atoms with Gasteiger partial charge in [-0.05, 0) is 42.1 Å². The molecule has 0 bridgehead atoms. The lowest BCUT2D eigenvalue weighted by Gasteiger charge is -2.36. The molecule has 4 heteroatoms. The Morgan fingerprint density at radius 2 is 1.78 bits per heavy atom. The van der Waals surface area contributed by atoms with E-state index in [1.165, 1.54) is 10.8 Å². The Bertz CT molecular complexity index is 654. The summed E-state index contributed by atoms with van der Waals surface area (Å²) < 4.78 is 0. The Kier molecular flexibility index (Phi) is 4.97. The van der Waals surface area contributed by atoms with Gasteiger partial charge in [0.1, 0.15) is 0 Å². The molecule has 1 fully saturated rings. The summed E-state index contributed by atoms with van der Waals surface area (Å²) in [6.45, 7) is 1.17. The van der Waals surface area contributed by atoms with Crippen molar-refractivity contribution in [2.45, 2.75) is 30.9 Å². The van der Waals surface area contributed by atoms with Crippen LogP contribution in [-0.4, -0.2) is 58.2 Å². The zero-order valence-corrected chi connectivity index (χ0v) is 13.4. The van der Waals surface area contributed by atoms with Gasteiger partial charge in [0, 0.05) is 6.54 Å². The molecular formula is C19H25NO3. The lowest BCUT2D eigenvalue weighted by molar-refractivity contribution is -0.00812. The Hall–Kier alpha value is -1.46. The van der Waals surface area contributed by atoms with Crippen LogP contribution >= 0.6 is 0 Å². The van der Waals surface area contributed by atoms with Crippen LogP contribution in [0.2, 0.25) is 0 Å². The summed E-state index contributed by atoms with van der Waals surface area (Å²) in [5.41, 5.74) is 0.540. The largest absolute Gasteiger partial charge is 0.394 e. The van der Waals surface area contributed by atoms with Crippen LogP contribution in [0.25, 0.3) is 10.8 Å². The standard InChI is InChI=1S/C19H25NO3/c21-13-19(14-22)8-3-9-20(19)12-18(23)11-15-6-7-16-4-1-2-5-17(16)10-15/h1-2,4-7,10,18,21-23H,3,8-9,11-14H2. The van der Waals surface area contributed by atoms with Crippen LogP contribution in [0.3, 0.4) is 0 Å². The van der Waals surface area contributed by atoms with Crippen LogP contribution < -0.4 is 0 Å². The van der Waals surface area contributed by atoms with E-state index in [0.717, 1.165) is 24.9 Å². The average Bonchev–Trinajstić information content (AvgIpc) is 2.97. The number of likely N-dealkylation sites (tertiary alicyclic amines) is 1. The number of hydrogen-bond acceptors (Lipinski definition) is 4. The van der Waals surface area contributed by atoms with Crippen molar-refractivity contribution < 1.29 is 15.3 Å². The molecule has 0 amide bonds. The van der Waals surface area contributed by atoms with E-state index in [2.05, 4.69) is 30.3 Å². The Morgan fingerprint density at radius 1 is 1.04 bits per heavy atom. The molecule has 1 atom stereocenters. The predicted molar refractivity (Wildman–Crippen MR) is 91.4 cm³/mol. The minimum Gasteiger partial charge on any atom is -0.394 e. The maximum Gasteiger partial charge on any atom is 0.0707 e. The van der Waals surface area contributed by atoms with Gasteiger partial charge in [0.25, 0.3) is 0 Å². The molecule has 4 nitrogen and oxygen atoms in total. The van der Waals surface area contributed by atoms with Crippen molar-refractivity contribution in [1.82, 2.24) is 4.90 Å². The number of hydrogen-bond donors (Lipinski definition) is 3. The molecule has 3 N–H and O–H groups in total. The molecule has 124 valence electrons. The van der Waals surface area contributed by atoms with Crippen molar-refractivity contribution in [2.24, 2.45) is 0 Å². The second kappa shape index (κ2) is 6.97. The highest BCUT2D eigenvalue weighted by Gasteiger charge is 2.40. The molecular weight excluding hydrogens is 290 g/mol. The Balaban J connectivity index is 1.67. The third-order valence-corrected chi connectivity index (χ3v) is 5.05. The van der Waals surface area contributed by atoms with Crippen molar-refractivity contribution in [3.05, 3.63) is 48.0 Å². The molecule has 3 rings (SSSR count). The molecule has 1 heterocycles. The summed E-state index contributed by atoms with van der Waals surface area (Å²) in [5.74, 6) is 0. The van der Waals surface area contributed by atoms with Crippen LogP contribution in [0, 0.1) is 0 Å². The normalized spacial score (nSPS) is 19.3. The molecule has 1 saturated heterocycles. The monoisotopic (exact) mass is 315 g/mol. The van der Waals surface area contributed by atoms with Crippen LogP contribution in [0.1, 0.15) is 18.4 Å². The van der Waals surface area contributed by atoms with E-state index in [4.69, 9.17) is 0 Å². The third-order valence-electron chi connectivity index (χ3n) is 5.05. The van der Waals surface area contributed by atoms with Gasteiger partial charge in [0.2, 0.25) is 0 Å². The number of β-amino-alcohol motifs (C(OH)–C–C–N with tert-alkyl or cyclic N) is 1. The van der Waals surface area contributed by atoms with Gasteiger partial charge in [-0.3, -0.25) is 4.90 Å². The van der Waals surface area contributed by atoms with Gasteiger partial charge in [0.15, 0.2) is 0 Å². The summed E-state index contributed by atoms with van der Waals surface area (Å²) in [4.78, 5) is 2.04. The molecule has 2 aromatic rings. The van der Waals surface area contributed by atoms with Crippen molar-refractivity contribution in [3.8, 4) is 0 Å². The number of rotatable bonds is 6. The Labute approximate surface area is 137 Å². The average molecular weight is 315 g/mol. The van der Waals surface area contributed by atoms with E-state index in [1.807, 2.05) is 17.0 Å². The first-order chi connectivity index (χ1) is 11.2. The third kappa shape index (κ3) is 3.40. The summed E-state index contributed by atoms with van der Waals surface area (Å²) in [5, 5.41) is 32.1. The quantitative estimate of drug-likeness (QED) is 0.757. The van der Waals surface area contributed by atoms with Crippen LogP contribution in [0.5, 0.6) is 0 Å². The van der Waals surface area contributed by atoms with E-state index >= 15 is 0 Å². The number of aliphatic hydroxyl groups excluding tert-OH is 3. The molecule has 0 radical (unpaired) electrons. The maximum absolute atomic E-state index is 10.5. The lowest BCUT2D eigenvalue weighted by atomic mass is 9.97. The highest BCUT2D eigenvalue weighted by atomic mass is 16.3. The number of aliphatic hydroxyl groups is 3. The second-order valence-electron chi connectivity index (χ2n) is 6.63. The molecule has 0 aliphatic carbocycles. The highest BCUT2D eigenvalue weighted by molar-refractivity contribution is 5.82. The fourth-order valence-electron chi connectivity index (χ4n) is 3.64. The molecule has 1 aliphatic heterocycles. The minimum absolute atomic E-state index is 0.0633. The fraction of sp³-hybridized carbons (Fsp3) is 0.474. The number of fused-ring (bicyclic) bond motifs is 1. The Morgan fingerprint density at radius 3 is 2.52 bits per heavy atom. The van der Waals surface area contributed by atoms with Gasteiger partial charge in [-0.15, -0.1) is 0 Å². The van der Waals surface area contributed by atoms with Crippen LogP contribution in [0.4, 0.5) is 0 Å². The van der Waals surface area contributed by atoms with E-state index in [1.54, 1.807) is 0 Å². The first-order valence-electron chi connectivity index (χ1n) is 8.29. The molecule has 0 saturated carbocycles. The molecule has 0 spiro atoms. The molecule has 1 unspecified atom stereocenters. The molecule has 0 aromatic heterocycles. The zero-order chi connectivity index (χ0) is 16.3. The minimum atomic E-state index is -0.565. The maximum atomic E-state index is 10.5. The van der Waals surface area contributed by atoms with Gasteiger partial charge in [-0.1, -0.05) is 42.5 Å². The molecule has 23 heavy (non-hydrogen) atoms. The SMILES string of the molecule is OCC1(CO)CCCN1CC(O)Cc1ccc2ccccc2c1. The summed E-state index contributed by atoms with van der Waals surface area (Å²) in [7, 11) is 0. The summed E-state index contributed by atoms with van der Waals surface area (Å²) in [6, 6.07) is 14.5. The first kappa shape index (κ1) is 16.4. The molecule has 2 aromatic carbocycles. The fourth-order valence-corrected chi connectivity index (χ4v) is 3.64. The van der Waals surface area contributed by atoms with Gasteiger partial charge >= 0.3 is 0 Å². The smallest absolute Gasteiger partial charge is 0.0707 e. The van der Waals surface area contributed by atoms with Crippen LogP contribution in [0.15, 0.2) is 42.5 Å². The van der Waals surface area contributed by atoms with Gasteiger partial charge < -0.3 is 15.3 Å². The van der Waals surface area contributed by atoms with Crippen molar-refractivity contribution in [1.29, 1.82) is 0 Å². The first-order valence-corrected chi connectivity index (χ1v) is 8.29. The topological polar surface area (TPSA) is 63.9 Å². The van der Waals surface area contributed by atoms with Gasteiger partial charge in [0.05, 0.1) is 24.9 Å². The summed E-state index contributed by atoms with van der Waals surface area (Å²) in [6.07, 6.45) is 1.80. The van der Waals surface area contributed by atoms with E-state index in [-0.39, 0.29) is 13.2 Å².